The van der Waals surface area contributed by atoms with Gasteiger partial charge in [0.15, 0.2) is 0 Å². The van der Waals surface area contributed by atoms with Gasteiger partial charge in [0.2, 0.25) is 0 Å². The van der Waals surface area contributed by atoms with Gasteiger partial charge in [0.1, 0.15) is 0 Å². The maximum Gasteiger partial charge on any atom is 0.368 e. The maximum atomic E-state index is 5.77. The van der Waals surface area contributed by atoms with Crippen LogP contribution < -0.4 is 15.0 Å². The molecule has 5 aromatic carbocycles. The van der Waals surface area contributed by atoms with Crippen LogP contribution in [0.5, 0.6) is 0 Å². The molecule has 0 N–H and O–H groups in total. The van der Waals surface area contributed by atoms with E-state index in [1.165, 1.54) is 0 Å². The molecule has 38 heavy (non-hydrogen) atoms. The summed E-state index contributed by atoms with van der Waals surface area (Å²) in [5.41, 5.74) is 6.51. The van der Waals surface area contributed by atoms with Gasteiger partial charge in [-0.25, -0.2) is 0 Å². The van der Waals surface area contributed by atoms with Gasteiger partial charge in [-0.15, -0.1) is 0 Å². The summed E-state index contributed by atoms with van der Waals surface area (Å²) in [5.74, 6) is 0. The monoisotopic (exact) mass is 516 g/mol. The standard InChI is InChI=1S/C33H32N2O2Si/c1-36-38(3,37-2)33-24-22-30(23-25-33)35(29-18-11-6-12-19-29)32-21-13-20-31(26-32)34(27-14-7-4-8-15-27)28-16-9-5-10-17-28/h4-26H,1-3H3. The number of rotatable bonds is 9. The molecule has 0 bridgehead atoms. The van der Waals surface area contributed by atoms with Gasteiger partial charge < -0.3 is 18.7 Å². The van der Waals surface area contributed by atoms with E-state index in [0.717, 1.165) is 39.3 Å². The molecule has 0 heterocycles. The molecule has 0 unspecified atom stereocenters. The topological polar surface area (TPSA) is 24.9 Å². The zero-order chi connectivity index (χ0) is 26.4. The van der Waals surface area contributed by atoms with Crippen molar-refractivity contribution in [2.45, 2.75) is 6.55 Å². The predicted molar refractivity (Wildman–Crippen MR) is 161 cm³/mol. The highest BCUT2D eigenvalue weighted by atomic mass is 28.4. The van der Waals surface area contributed by atoms with Gasteiger partial charge in [0.25, 0.3) is 0 Å². The van der Waals surface area contributed by atoms with Crippen LogP contribution in [-0.2, 0) is 8.85 Å². The zero-order valence-corrected chi connectivity index (χ0v) is 23.0. The number of hydrogen-bond donors (Lipinski definition) is 0. The molecule has 4 nitrogen and oxygen atoms in total. The highest BCUT2D eigenvalue weighted by molar-refractivity contribution is 6.79. The lowest BCUT2D eigenvalue weighted by molar-refractivity contribution is 0.265. The number of nitrogens with zero attached hydrogens (tertiary/aromatic N) is 2. The van der Waals surface area contributed by atoms with E-state index in [0.29, 0.717) is 0 Å². The Bertz CT molecular complexity index is 1400. The molecule has 0 radical (unpaired) electrons. The minimum absolute atomic E-state index is 1.06. The van der Waals surface area contributed by atoms with Crippen LogP contribution in [0.25, 0.3) is 0 Å². The Kier molecular flexibility index (Phi) is 7.70. The van der Waals surface area contributed by atoms with Gasteiger partial charge in [-0.3, -0.25) is 0 Å². The highest BCUT2D eigenvalue weighted by Crippen LogP contribution is 2.39. The van der Waals surface area contributed by atoms with Crippen molar-refractivity contribution in [1.29, 1.82) is 0 Å². The Morgan fingerprint density at radius 3 is 1.13 bits per heavy atom. The predicted octanol–water partition coefficient (Wildman–Crippen LogP) is 8.20. The summed E-state index contributed by atoms with van der Waals surface area (Å²) in [6, 6.07) is 48.6. The lowest BCUT2D eigenvalue weighted by atomic mass is 10.1. The molecule has 190 valence electrons. The molecule has 5 rings (SSSR count). The van der Waals surface area contributed by atoms with Gasteiger partial charge in [-0.1, -0.05) is 72.8 Å². The summed E-state index contributed by atoms with van der Waals surface area (Å²) in [7, 11) is 1.02. The Balaban J connectivity index is 1.61. The number of anilines is 6. The third kappa shape index (κ3) is 5.26. The fraction of sp³-hybridized carbons (Fsp3) is 0.0909. The van der Waals surface area contributed by atoms with E-state index in [-0.39, 0.29) is 0 Å². The molecule has 0 aliphatic carbocycles. The molecule has 0 fully saturated rings. The first-order valence-electron chi connectivity index (χ1n) is 12.7. The van der Waals surface area contributed by atoms with E-state index >= 15 is 0 Å². The molecule has 0 aliphatic rings. The van der Waals surface area contributed by atoms with Gasteiger partial charge >= 0.3 is 8.56 Å². The Morgan fingerprint density at radius 2 is 0.763 bits per heavy atom. The first-order valence-corrected chi connectivity index (χ1v) is 15.0. The average Bonchev–Trinajstić information content (AvgIpc) is 2.99. The van der Waals surface area contributed by atoms with Crippen LogP contribution in [0.3, 0.4) is 0 Å². The molecule has 5 aromatic rings. The van der Waals surface area contributed by atoms with E-state index in [1.54, 1.807) is 14.2 Å². The van der Waals surface area contributed by atoms with Crippen molar-refractivity contribution < 1.29 is 8.85 Å². The van der Waals surface area contributed by atoms with Crippen molar-refractivity contribution >= 4 is 47.9 Å². The fourth-order valence-corrected chi connectivity index (χ4v) is 6.04. The summed E-state index contributed by atoms with van der Waals surface area (Å²) in [6.45, 7) is 2.06. The van der Waals surface area contributed by atoms with E-state index in [4.69, 9.17) is 8.85 Å². The van der Waals surface area contributed by atoms with Gasteiger partial charge in [-0.05, 0) is 78.5 Å². The lowest BCUT2D eigenvalue weighted by Gasteiger charge is -2.30. The number of hydrogen-bond acceptors (Lipinski definition) is 4. The lowest BCUT2D eigenvalue weighted by Crippen LogP contribution is -2.49. The molecule has 0 aromatic heterocycles. The molecular weight excluding hydrogens is 484 g/mol. The van der Waals surface area contributed by atoms with E-state index in [2.05, 4.69) is 138 Å². The van der Waals surface area contributed by atoms with Crippen molar-refractivity contribution in [1.82, 2.24) is 0 Å². The summed E-state index contributed by atoms with van der Waals surface area (Å²) < 4.78 is 11.5. The van der Waals surface area contributed by atoms with E-state index in [1.807, 2.05) is 18.2 Å². The summed E-state index contributed by atoms with van der Waals surface area (Å²) >= 11 is 0. The van der Waals surface area contributed by atoms with E-state index in [9.17, 15) is 0 Å². The third-order valence-electron chi connectivity index (χ3n) is 6.82. The van der Waals surface area contributed by atoms with Gasteiger partial charge in [0, 0.05) is 48.3 Å². The van der Waals surface area contributed by atoms with Gasteiger partial charge in [-0.2, -0.15) is 0 Å². The third-order valence-corrected chi connectivity index (χ3v) is 9.76. The Morgan fingerprint density at radius 1 is 0.421 bits per heavy atom. The Hall–Kier alpha value is -4.16. The van der Waals surface area contributed by atoms with Crippen LogP contribution in [0, 0.1) is 0 Å². The quantitative estimate of drug-likeness (QED) is 0.184. The first kappa shape index (κ1) is 25.5. The number of benzene rings is 5. The zero-order valence-electron chi connectivity index (χ0n) is 22.0. The van der Waals surface area contributed by atoms with Crippen molar-refractivity contribution in [2.75, 3.05) is 24.0 Å². The van der Waals surface area contributed by atoms with Crippen LogP contribution >= 0.6 is 0 Å². The smallest absolute Gasteiger partial charge is 0.368 e. The Labute approximate surface area is 226 Å². The van der Waals surface area contributed by atoms with Crippen molar-refractivity contribution in [3.63, 3.8) is 0 Å². The van der Waals surface area contributed by atoms with E-state index < -0.39 is 8.56 Å². The molecular formula is C33H32N2O2Si. The van der Waals surface area contributed by atoms with Crippen LogP contribution in [0.15, 0.2) is 140 Å². The minimum Gasteiger partial charge on any atom is -0.394 e. The first-order chi connectivity index (χ1) is 18.6. The highest BCUT2D eigenvalue weighted by Gasteiger charge is 2.31. The van der Waals surface area contributed by atoms with Crippen molar-refractivity contribution in [3.05, 3.63) is 140 Å². The SMILES string of the molecule is CO[Si](C)(OC)c1ccc(N(c2ccccc2)c2cccc(N(c3ccccc3)c3ccccc3)c2)cc1. The summed E-state index contributed by atoms with van der Waals surface area (Å²) in [5, 5.41) is 1.09. The number of para-hydroxylation sites is 3. The second kappa shape index (κ2) is 11.5. The molecule has 5 heteroatoms. The minimum atomic E-state index is -2.41. The van der Waals surface area contributed by atoms with Crippen LogP contribution in [0.2, 0.25) is 6.55 Å². The second-order valence-corrected chi connectivity index (χ2v) is 12.4. The maximum absolute atomic E-state index is 5.77. The molecule has 0 atom stereocenters. The van der Waals surface area contributed by atoms with Crippen molar-refractivity contribution in [2.24, 2.45) is 0 Å². The fourth-order valence-electron chi connectivity index (χ4n) is 4.63. The van der Waals surface area contributed by atoms with Crippen LogP contribution in [-0.4, -0.2) is 22.8 Å². The second-order valence-electron chi connectivity index (χ2n) is 9.10. The largest absolute Gasteiger partial charge is 0.394 e. The molecule has 0 aliphatic heterocycles. The van der Waals surface area contributed by atoms with Crippen LogP contribution in [0.1, 0.15) is 0 Å². The summed E-state index contributed by atoms with van der Waals surface area (Å²) in [6.07, 6.45) is 0. The van der Waals surface area contributed by atoms with Crippen molar-refractivity contribution in [3.8, 4) is 0 Å². The molecule has 0 spiro atoms. The molecule has 0 amide bonds. The molecule has 0 saturated carbocycles. The molecule has 0 saturated heterocycles. The summed E-state index contributed by atoms with van der Waals surface area (Å²) in [4.78, 5) is 4.56. The van der Waals surface area contributed by atoms with Crippen LogP contribution in [0.4, 0.5) is 34.1 Å². The van der Waals surface area contributed by atoms with Gasteiger partial charge in [0.05, 0.1) is 0 Å². The average molecular weight is 517 g/mol. The normalized spacial score (nSPS) is 11.2.